The summed E-state index contributed by atoms with van der Waals surface area (Å²) in [5.74, 6) is 0.201. The van der Waals surface area contributed by atoms with Gasteiger partial charge in [-0.05, 0) is 46.5 Å². The maximum absolute atomic E-state index is 13.1. The van der Waals surface area contributed by atoms with Crippen LogP contribution in [-0.4, -0.2) is 12.2 Å². The second kappa shape index (κ2) is 8.43. The lowest BCUT2D eigenvalue weighted by atomic mass is 9.83. The summed E-state index contributed by atoms with van der Waals surface area (Å²) in [6.07, 6.45) is 0. The van der Waals surface area contributed by atoms with Gasteiger partial charge >= 0.3 is 5.63 Å². The molecular formula is C27H20N2O5. The van der Waals surface area contributed by atoms with Crippen LogP contribution < -0.4 is 20.8 Å². The minimum Gasteiger partial charge on any atom is -0.497 e. The summed E-state index contributed by atoms with van der Waals surface area (Å²) in [6, 6.07) is 22.3. The first-order valence-corrected chi connectivity index (χ1v) is 10.6. The number of hydrogen-bond donors (Lipinski definition) is 2. The van der Waals surface area contributed by atoms with E-state index in [0.717, 1.165) is 16.9 Å². The lowest BCUT2D eigenvalue weighted by molar-refractivity contribution is 0.282. The highest BCUT2D eigenvalue weighted by Crippen LogP contribution is 2.43. The summed E-state index contributed by atoms with van der Waals surface area (Å²) in [7, 11) is 1.62. The lowest BCUT2D eigenvalue weighted by Gasteiger charge is -2.26. The van der Waals surface area contributed by atoms with E-state index >= 15 is 0 Å². The van der Waals surface area contributed by atoms with Crippen LogP contribution in [-0.2, 0) is 6.61 Å². The molecule has 168 valence electrons. The zero-order valence-electron chi connectivity index (χ0n) is 18.2. The van der Waals surface area contributed by atoms with E-state index in [-0.39, 0.29) is 35.0 Å². The average molecular weight is 452 g/mol. The molecule has 1 aromatic heterocycles. The fraction of sp³-hybridized carbons (Fsp3) is 0.111. The van der Waals surface area contributed by atoms with Crippen LogP contribution in [0.25, 0.3) is 22.1 Å². The first kappa shape index (κ1) is 21.3. The van der Waals surface area contributed by atoms with Crippen LogP contribution in [0.15, 0.2) is 87.4 Å². The van der Waals surface area contributed by atoms with Gasteiger partial charge in [-0.2, -0.15) is 5.26 Å². The molecule has 1 aliphatic heterocycles. The van der Waals surface area contributed by atoms with Gasteiger partial charge in [-0.1, -0.05) is 42.5 Å². The molecule has 0 fully saturated rings. The number of fused-ring (bicyclic) bond motifs is 3. The fourth-order valence-corrected chi connectivity index (χ4v) is 4.26. The molecule has 0 bridgehead atoms. The smallest absolute Gasteiger partial charge is 0.344 e. The number of rotatable bonds is 4. The molecule has 0 amide bonds. The van der Waals surface area contributed by atoms with Gasteiger partial charge in [-0.3, -0.25) is 0 Å². The van der Waals surface area contributed by atoms with Crippen LogP contribution in [0.1, 0.15) is 22.6 Å². The third-order valence-electron chi connectivity index (χ3n) is 5.96. The zero-order valence-corrected chi connectivity index (χ0v) is 18.2. The number of hydrogen-bond acceptors (Lipinski definition) is 7. The molecule has 1 atom stereocenters. The lowest BCUT2D eigenvalue weighted by Crippen LogP contribution is -2.26. The van der Waals surface area contributed by atoms with Crippen molar-refractivity contribution in [3.63, 3.8) is 0 Å². The summed E-state index contributed by atoms with van der Waals surface area (Å²) >= 11 is 0. The first-order valence-electron chi connectivity index (χ1n) is 10.6. The van der Waals surface area contributed by atoms with E-state index < -0.39 is 11.5 Å². The molecule has 0 saturated carbocycles. The number of methoxy groups -OCH3 is 1. The predicted octanol–water partition coefficient (Wildman–Crippen LogP) is 4.18. The molecular weight excluding hydrogens is 432 g/mol. The highest BCUT2D eigenvalue weighted by atomic mass is 16.5. The summed E-state index contributed by atoms with van der Waals surface area (Å²) < 4.78 is 16.6. The number of nitrogens with two attached hydrogens (primary N) is 1. The number of benzene rings is 3. The Bertz CT molecular complexity index is 1540. The first-order chi connectivity index (χ1) is 16.5. The molecule has 7 heteroatoms. The van der Waals surface area contributed by atoms with Crippen LogP contribution in [0.3, 0.4) is 0 Å². The maximum Gasteiger partial charge on any atom is 0.344 e. The fourth-order valence-electron chi connectivity index (χ4n) is 4.26. The Balaban J connectivity index is 1.66. The molecule has 0 saturated heterocycles. The van der Waals surface area contributed by atoms with Crippen LogP contribution in [0.2, 0.25) is 0 Å². The van der Waals surface area contributed by atoms with Crippen molar-refractivity contribution in [2.75, 3.05) is 7.11 Å². The minimum absolute atomic E-state index is 0.0602. The number of nitrogens with zero attached hydrogens (tertiary/aromatic N) is 1. The van der Waals surface area contributed by atoms with Crippen molar-refractivity contribution in [1.82, 2.24) is 0 Å². The third-order valence-corrected chi connectivity index (χ3v) is 5.96. The van der Waals surface area contributed by atoms with Crippen molar-refractivity contribution in [3.05, 3.63) is 105 Å². The molecule has 2 heterocycles. The highest BCUT2D eigenvalue weighted by Gasteiger charge is 2.35. The topological polar surface area (TPSA) is 119 Å². The second-order valence-electron chi connectivity index (χ2n) is 7.90. The highest BCUT2D eigenvalue weighted by molar-refractivity contribution is 5.86. The van der Waals surface area contributed by atoms with Gasteiger partial charge in [0.25, 0.3) is 0 Å². The molecule has 3 aromatic carbocycles. The maximum atomic E-state index is 13.1. The van der Waals surface area contributed by atoms with Crippen molar-refractivity contribution in [2.45, 2.75) is 12.5 Å². The van der Waals surface area contributed by atoms with Crippen molar-refractivity contribution in [3.8, 4) is 28.7 Å². The molecule has 0 aliphatic carbocycles. The average Bonchev–Trinajstić information content (AvgIpc) is 2.87. The summed E-state index contributed by atoms with van der Waals surface area (Å²) in [5.41, 5.74) is 9.35. The Hall–Kier alpha value is -4.54. The Labute approximate surface area is 194 Å². The number of ether oxygens (including phenoxy) is 2. The molecule has 34 heavy (non-hydrogen) atoms. The third kappa shape index (κ3) is 3.47. The van der Waals surface area contributed by atoms with Gasteiger partial charge in [-0.25, -0.2) is 4.79 Å². The minimum atomic E-state index is -0.744. The number of allylic oxidation sites excluding steroid dienone is 1. The normalized spacial score (nSPS) is 14.9. The van der Waals surface area contributed by atoms with Crippen LogP contribution in [0.5, 0.6) is 11.5 Å². The Morgan fingerprint density at radius 3 is 2.59 bits per heavy atom. The summed E-state index contributed by atoms with van der Waals surface area (Å²) in [4.78, 5) is 13.1. The van der Waals surface area contributed by atoms with E-state index in [9.17, 15) is 15.2 Å². The van der Waals surface area contributed by atoms with Crippen LogP contribution in [0.4, 0.5) is 0 Å². The van der Waals surface area contributed by atoms with Crippen molar-refractivity contribution < 1.29 is 19.0 Å². The van der Waals surface area contributed by atoms with Gasteiger partial charge in [0.15, 0.2) is 5.75 Å². The second-order valence-corrected chi connectivity index (χ2v) is 7.90. The van der Waals surface area contributed by atoms with Gasteiger partial charge in [0.05, 0.1) is 30.6 Å². The molecule has 1 unspecified atom stereocenters. The van der Waals surface area contributed by atoms with Crippen LogP contribution in [0, 0.1) is 11.3 Å². The van der Waals surface area contributed by atoms with E-state index in [2.05, 4.69) is 6.07 Å². The predicted molar refractivity (Wildman–Crippen MR) is 126 cm³/mol. The number of nitriles is 1. The Morgan fingerprint density at radius 1 is 1.09 bits per heavy atom. The van der Waals surface area contributed by atoms with Crippen LogP contribution >= 0.6 is 0 Å². The van der Waals surface area contributed by atoms with Crippen molar-refractivity contribution in [2.24, 2.45) is 5.73 Å². The molecule has 5 rings (SSSR count). The van der Waals surface area contributed by atoms with Gasteiger partial charge in [-0.15, -0.1) is 0 Å². The van der Waals surface area contributed by atoms with Gasteiger partial charge in [0, 0.05) is 0 Å². The van der Waals surface area contributed by atoms with E-state index in [4.69, 9.17) is 19.6 Å². The van der Waals surface area contributed by atoms with Gasteiger partial charge in [0.2, 0.25) is 5.88 Å². The number of aliphatic hydroxyl groups excluding tert-OH is 1. The largest absolute Gasteiger partial charge is 0.497 e. The number of aliphatic hydroxyl groups is 1. The van der Waals surface area contributed by atoms with E-state index in [1.165, 1.54) is 0 Å². The quantitative estimate of drug-likeness (QED) is 0.446. The molecule has 3 N–H and O–H groups in total. The van der Waals surface area contributed by atoms with E-state index in [1.807, 2.05) is 48.5 Å². The SMILES string of the molecule is COc1cccc(-c2ccc(C3C(C#N)=C(N)Oc4c3c(=O)oc3cc(CO)ccc43)cc2)c1. The molecule has 1 aliphatic rings. The molecule has 0 spiro atoms. The standard InChI is InChI=1S/C27H20N2O5/c1-32-19-4-2-3-18(12-19)16-6-8-17(9-7-16)23-21(13-28)26(29)34-25-20-10-5-15(14-30)11-22(20)33-27(31)24(23)25/h2-12,23,30H,14,29H2,1H3. The molecule has 0 radical (unpaired) electrons. The van der Waals surface area contributed by atoms with Gasteiger partial charge < -0.3 is 24.7 Å². The van der Waals surface area contributed by atoms with E-state index in [0.29, 0.717) is 16.5 Å². The monoisotopic (exact) mass is 452 g/mol. The molecule has 7 nitrogen and oxygen atoms in total. The zero-order chi connectivity index (χ0) is 23.8. The van der Waals surface area contributed by atoms with E-state index in [1.54, 1.807) is 25.3 Å². The van der Waals surface area contributed by atoms with Gasteiger partial charge in [0.1, 0.15) is 23.0 Å². The summed E-state index contributed by atoms with van der Waals surface area (Å²) in [6.45, 7) is -0.194. The Kier molecular flexibility index (Phi) is 5.28. The van der Waals surface area contributed by atoms with Crippen molar-refractivity contribution >= 4 is 11.0 Å². The Morgan fingerprint density at radius 2 is 1.88 bits per heavy atom. The molecule has 4 aromatic rings. The summed E-state index contributed by atoms with van der Waals surface area (Å²) in [5, 5.41) is 19.8. The van der Waals surface area contributed by atoms with Crippen molar-refractivity contribution in [1.29, 1.82) is 5.26 Å².